The maximum atomic E-state index is 11.9. The van der Waals surface area contributed by atoms with Crippen molar-refractivity contribution in [2.24, 2.45) is 5.92 Å². The molecule has 0 aromatic carbocycles. The zero-order chi connectivity index (χ0) is 15.9. The van der Waals surface area contributed by atoms with Gasteiger partial charge in [-0.1, -0.05) is 6.92 Å². The summed E-state index contributed by atoms with van der Waals surface area (Å²) in [7, 11) is 0. The van der Waals surface area contributed by atoms with E-state index < -0.39 is 36.0 Å². The molecule has 0 spiro atoms. The summed E-state index contributed by atoms with van der Waals surface area (Å²) in [4.78, 5) is 34.4. The zero-order valence-electron chi connectivity index (χ0n) is 13.0. The van der Waals surface area contributed by atoms with E-state index in [0.29, 0.717) is 6.42 Å². The number of rotatable bonds is 7. The van der Waals surface area contributed by atoms with Crippen LogP contribution in [0.2, 0.25) is 0 Å². The summed E-state index contributed by atoms with van der Waals surface area (Å²) in [6.07, 6.45) is -0.957. The highest BCUT2D eigenvalue weighted by Gasteiger charge is 2.30. The average Bonchev–Trinajstić information content (AvgIpc) is 2.32. The molecule has 3 atom stereocenters. The first kappa shape index (κ1) is 18.4. The first-order chi connectivity index (χ1) is 9.18. The highest BCUT2D eigenvalue weighted by atomic mass is 16.6. The van der Waals surface area contributed by atoms with Crippen LogP contribution in [0.4, 0.5) is 0 Å². The van der Waals surface area contributed by atoms with E-state index in [1.165, 1.54) is 13.8 Å². The Labute approximate surface area is 119 Å². The highest BCUT2D eigenvalue weighted by molar-refractivity contribution is 5.94. The summed E-state index contributed by atoms with van der Waals surface area (Å²) in [6.45, 7) is 9.56. The SMILES string of the molecule is CCC(OC(=O)C(C)C(=O)OC(C)C)C(C)OC(C)=O. The number of carbonyl (C=O) groups excluding carboxylic acids is 3. The minimum Gasteiger partial charge on any atom is -0.462 e. The summed E-state index contributed by atoms with van der Waals surface area (Å²) >= 11 is 0. The molecular weight excluding hydrogens is 264 g/mol. The quantitative estimate of drug-likeness (QED) is 0.404. The molecule has 0 bridgehead atoms. The lowest BCUT2D eigenvalue weighted by Gasteiger charge is -2.24. The van der Waals surface area contributed by atoms with E-state index in [1.807, 2.05) is 0 Å². The summed E-state index contributed by atoms with van der Waals surface area (Å²) in [5.74, 6) is -2.75. The van der Waals surface area contributed by atoms with Crippen LogP contribution in [0, 0.1) is 5.92 Å². The molecule has 0 radical (unpaired) electrons. The van der Waals surface area contributed by atoms with Crippen molar-refractivity contribution in [3.63, 3.8) is 0 Å². The van der Waals surface area contributed by atoms with Gasteiger partial charge in [0.1, 0.15) is 12.2 Å². The van der Waals surface area contributed by atoms with Gasteiger partial charge in [-0.15, -0.1) is 0 Å². The Bertz CT molecular complexity index is 350. The molecule has 0 heterocycles. The van der Waals surface area contributed by atoms with Crippen LogP contribution in [0.15, 0.2) is 0 Å². The van der Waals surface area contributed by atoms with Crippen LogP contribution in [0.3, 0.4) is 0 Å². The highest BCUT2D eigenvalue weighted by Crippen LogP contribution is 2.13. The van der Waals surface area contributed by atoms with Crippen molar-refractivity contribution >= 4 is 17.9 Å². The Morgan fingerprint density at radius 1 is 0.900 bits per heavy atom. The van der Waals surface area contributed by atoms with Crippen LogP contribution in [0.25, 0.3) is 0 Å². The topological polar surface area (TPSA) is 78.9 Å². The molecule has 6 heteroatoms. The molecule has 20 heavy (non-hydrogen) atoms. The van der Waals surface area contributed by atoms with Gasteiger partial charge in [-0.3, -0.25) is 14.4 Å². The second kappa shape index (κ2) is 8.55. The standard InChI is InChI=1S/C14H24O6/c1-7-12(10(5)19-11(6)15)20-14(17)9(4)13(16)18-8(2)3/h8-10,12H,7H2,1-6H3. The van der Waals surface area contributed by atoms with Crippen molar-refractivity contribution in [1.82, 2.24) is 0 Å². The minimum absolute atomic E-state index is 0.292. The van der Waals surface area contributed by atoms with Crippen molar-refractivity contribution in [2.75, 3.05) is 0 Å². The number of hydrogen-bond donors (Lipinski definition) is 0. The van der Waals surface area contributed by atoms with Crippen LogP contribution < -0.4 is 0 Å². The van der Waals surface area contributed by atoms with Gasteiger partial charge in [0.25, 0.3) is 0 Å². The lowest BCUT2D eigenvalue weighted by molar-refractivity contribution is -0.174. The molecule has 0 N–H and O–H groups in total. The van der Waals surface area contributed by atoms with Crippen LogP contribution in [-0.4, -0.2) is 36.2 Å². The van der Waals surface area contributed by atoms with E-state index >= 15 is 0 Å². The van der Waals surface area contributed by atoms with Crippen molar-refractivity contribution in [2.45, 2.75) is 66.3 Å². The second-order valence-electron chi connectivity index (χ2n) is 4.91. The van der Waals surface area contributed by atoms with E-state index in [-0.39, 0.29) is 6.10 Å². The zero-order valence-corrected chi connectivity index (χ0v) is 13.0. The molecule has 0 aliphatic heterocycles. The summed E-state index contributed by atoms with van der Waals surface area (Å²) in [6, 6.07) is 0. The van der Waals surface area contributed by atoms with E-state index in [0.717, 1.165) is 0 Å². The van der Waals surface area contributed by atoms with E-state index in [9.17, 15) is 14.4 Å². The third-order valence-corrected chi connectivity index (χ3v) is 2.60. The van der Waals surface area contributed by atoms with Gasteiger partial charge < -0.3 is 14.2 Å². The number of carbonyl (C=O) groups is 3. The molecule has 116 valence electrons. The molecule has 0 aromatic rings. The lowest BCUT2D eigenvalue weighted by atomic mass is 10.1. The maximum absolute atomic E-state index is 11.9. The maximum Gasteiger partial charge on any atom is 0.320 e. The number of esters is 3. The first-order valence-electron chi connectivity index (χ1n) is 6.77. The molecule has 0 amide bonds. The monoisotopic (exact) mass is 288 g/mol. The Kier molecular flexibility index (Phi) is 7.87. The Morgan fingerprint density at radius 2 is 1.40 bits per heavy atom. The molecule has 0 saturated heterocycles. The van der Waals surface area contributed by atoms with Gasteiger partial charge in [0.15, 0.2) is 5.92 Å². The first-order valence-corrected chi connectivity index (χ1v) is 6.77. The van der Waals surface area contributed by atoms with Crippen molar-refractivity contribution in [1.29, 1.82) is 0 Å². The van der Waals surface area contributed by atoms with Gasteiger partial charge in [0.2, 0.25) is 0 Å². The molecule has 0 aromatic heterocycles. The van der Waals surface area contributed by atoms with Crippen LogP contribution in [0.5, 0.6) is 0 Å². The van der Waals surface area contributed by atoms with E-state index in [2.05, 4.69) is 0 Å². The molecule has 6 nitrogen and oxygen atoms in total. The molecule has 0 rings (SSSR count). The predicted molar refractivity (Wildman–Crippen MR) is 71.8 cm³/mol. The molecule has 3 unspecified atom stereocenters. The normalized spacial score (nSPS) is 15.2. The fourth-order valence-electron chi connectivity index (χ4n) is 1.53. The van der Waals surface area contributed by atoms with Gasteiger partial charge in [-0.25, -0.2) is 0 Å². The average molecular weight is 288 g/mol. The number of hydrogen-bond acceptors (Lipinski definition) is 6. The third kappa shape index (κ3) is 6.54. The summed E-state index contributed by atoms with van der Waals surface area (Å²) in [5.41, 5.74) is 0. The fraction of sp³-hybridized carbons (Fsp3) is 0.786. The van der Waals surface area contributed by atoms with Gasteiger partial charge in [-0.05, 0) is 34.1 Å². The van der Waals surface area contributed by atoms with Crippen molar-refractivity contribution in [3.8, 4) is 0 Å². The van der Waals surface area contributed by atoms with Gasteiger partial charge in [-0.2, -0.15) is 0 Å². The molecule has 0 fully saturated rings. The molecular formula is C14H24O6. The van der Waals surface area contributed by atoms with Crippen LogP contribution in [0.1, 0.15) is 48.0 Å². The number of ether oxygens (including phenoxy) is 3. The summed E-state index contributed by atoms with van der Waals surface area (Å²) < 4.78 is 15.1. The second-order valence-corrected chi connectivity index (χ2v) is 4.91. The molecule has 0 aliphatic carbocycles. The van der Waals surface area contributed by atoms with Crippen molar-refractivity contribution < 1.29 is 28.6 Å². The predicted octanol–water partition coefficient (Wildman–Crippen LogP) is 1.85. The van der Waals surface area contributed by atoms with Gasteiger partial charge >= 0.3 is 17.9 Å². The van der Waals surface area contributed by atoms with Crippen LogP contribution >= 0.6 is 0 Å². The Balaban J connectivity index is 4.54. The van der Waals surface area contributed by atoms with Crippen molar-refractivity contribution in [3.05, 3.63) is 0 Å². The summed E-state index contributed by atoms with van der Waals surface area (Å²) in [5, 5.41) is 0. The Morgan fingerprint density at radius 3 is 1.80 bits per heavy atom. The minimum atomic E-state index is -1.00. The molecule has 0 aliphatic rings. The van der Waals surface area contributed by atoms with Gasteiger partial charge in [0.05, 0.1) is 6.10 Å². The van der Waals surface area contributed by atoms with Gasteiger partial charge in [0, 0.05) is 6.92 Å². The molecule has 0 saturated carbocycles. The smallest absolute Gasteiger partial charge is 0.320 e. The van der Waals surface area contributed by atoms with E-state index in [1.54, 1.807) is 27.7 Å². The van der Waals surface area contributed by atoms with Crippen LogP contribution in [-0.2, 0) is 28.6 Å². The fourth-order valence-corrected chi connectivity index (χ4v) is 1.53. The largest absolute Gasteiger partial charge is 0.462 e. The van der Waals surface area contributed by atoms with E-state index in [4.69, 9.17) is 14.2 Å². The lowest BCUT2D eigenvalue weighted by Crippen LogP contribution is -2.36. The third-order valence-electron chi connectivity index (χ3n) is 2.60. The Hall–Kier alpha value is -1.59.